The molecule has 4 heteroatoms. The highest BCUT2D eigenvalue weighted by Crippen LogP contribution is 2.30. The number of methoxy groups -OCH3 is 1. The summed E-state index contributed by atoms with van der Waals surface area (Å²) < 4.78 is 5.36. The van der Waals surface area contributed by atoms with Crippen molar-refractivity contribution in [2.75, 3.05) is 7.11 Å². The van der Waals surface area contributed by atoms with E-state index in [1.165, 1.54) is 0 Å². The van der Waals surface area contributed by atoms with Crippen LogP contribution in [0.3, 0.4) is 0 Å². The first-order valence-electron chi connectivity index (χ1n) is 6.54. The summed E-state index contributed by atoms with van der Waals surface area (Å²) in [5, 5.41) is 0. The van der Waals surface area contributed by atoms with Gasteiger partial charge in [-0.2, -0.15) is 0 Å². The van der Waals surface area contributed by atoms with Crippen molar-refractivity contribution in [3.8, 4) is 17.1 Å². The van der Waals surface area contributed by atoms with Crippen LogP contribution in [-0.4, -0.2) is 17.1 Å². The van der Waals surface area contributed by atoms with Gasteiger partial charge in [0.05, 0.1) is 12.7 Å². The largest absolute Gasteiger partial charge is 0.496 e. The summed E-state index contributed by atoms with van der Waals surface area (Å²) in [4.78, 5) is 9.12. The van der Waals surface area contributed by atoms with Crippen molar-refractivity contribution in [1.29, 1.82) is 0 Å². The number of para-hydroxylation sites is 1. The van der Waals surface area contributed by atoms with Crippen LogP contribution in [0.4, 0.5) is 0 Å². The molecule has 1 aromatic heterocycles. The number of ether oxygens (including phenoxy) is 1. The fraction of sp³-hybridized carbons (Fsp3) is 0.333. The second kappa shape index (κ2) is 4.97. The number of fused-ring (bicyclic) bond motifs is 1. The molecule has 0 aliphatic heterocycles. The van der Waals surface area contributed by atoms with E-state index in [1.807, 2.05) is 30.5 Å². The molecule has 2 aromatic rings. The Bertz CT molecular complexity index is 598. The molecule has 1 atom stereocenters. The van der Waals surface area contributed by atoms with E-state index in [0.29, 0.717) is 5.82 Å². The molecule has 0 bridgehead atoms. The van der Waals surface area contributed by atoms with Crippen LogP contribution in [0.2, 0.25) is 0 Å². The molecule has 0 saturated carbocycles. The molecule has 1 heterocycles. The zero-order valence-electron chi connectivity index (χ0n) is 11.0. The van der Waals surface area contributed by atoms with Crippen molar-refractivity contribution < 1.29 is 4.74 Å². The molecule has 0 fully saturated rings. The van der Waals surface area contributed by atoms with Gasteiger partial charge in [-0.25, -0.2) is 9.97 Å². The van der Waals surface area contributed by atoms with Crippen LogP contribution in [-0.2, 0) is 6.42 Å². The molecular formula is C15H17N3O. The zero-order chi connectivity index (χ0) is 13.2. The van der Waals surface area contributed by atoms with Crippen LogP contribution in [0.1, 0.15) is 30.1 Å². The Balaban J connectivity index is 2.07. The average molecular weight is 255 g/mol. The lowest BCUT2D eigenvalue weighted by Gasteiger charge is -2.21. The van der Waals surface area contributed by atoms with Gasteiger partial charge in [0.25, 0.3) is 0 Å². The molecule has 19 heavy (non-hydrogen) atoms. The fourth-order valence-corrected chi connectivity index (χ4v) is 2.54. The van der Waals surface area contributed by atoms with E-state index in [4.69, 9.17) is 10.5 Å². The predicted octanol–water partition coefficient (Wildman–Crippen LogP) is 2.49. The molecule has 0 radical (unpaired) electrons. The summed E-state index contributed by atoms with van der Waals surface area (Å²) in [6.45, 7) is 0. The Hall–Kier alpha value is -1.94. The summed E-state index contributed by atoms with van der Waals surface area (Å²) in [5.41, 5.74) is 9.18. The first-order valence-corrected chi connectivity index (χ1v) is 6.54. The van der Waals surface area contributed by atoms with Gasteiger partial charge in [0, 0.05) is 23.5 Å². The highest BCUT2D eigenvalue weighted by molar-refractivity contribution is 5.64. The lowest BCUT2D eigenvalue weighted by atomic mass is 9.93. The molecule has 0 spiro atoms. The number of aromatic nitrogens is 2. The van der Waals surface area contributed by atoms with Gasteiger partial charge in [-0.15, -0.1) is 0 Å². The zero-order valence-corrected chi connectivity index (χ0v) is 11.0. The molecule has 3 rings (SSSR count). The van der Waals surface area contributed by atoms with Gasteiger partial charge < -0.3 is 10.5 Å². The lowest BCUT2D eigenvalue weighted by Crippen LogP contribution is -2.19. The normalized spacial score (nSPS) is 17.9. The van der Waals surface area contributed by atoms with Gasteiger partial charge in [-0.05, 0) is 31.4 Å². The number of benzene rings is 1. The Kier molecular flexibility index (Phi) is 3.17. The lowest BCUT2D eigenvalue weighted by molar-refractivity contribution is 0.416. The second-order valence-corrected chi connectivity index (χ2v) is 4.79. The monoisotopic (exact) mass is 255 g/mol. The quantitative estimate of drug-likeness (QED) is 0.895. The molecule has 1 aliphatic rings. The number of rotatable bonds is 2. The van der Waals surface area contributed by atoms with E-state index in [-0.39, 0.29) is 6.04 Å². The van der Waals surface area contributed by atoms with Crippen LogP contribution < -0.4 is 10.5 Å². The Morgan fingerprint density at radius 2 is 2.16 bits per heavy atom. The van der Waals surface area contributed by atoms with Crippen molar-refractivity contribution >= 4 is 0 Å². The molecule has 0 amide bonds. The first kappa shape index (κ1) is 12.1. The second-order valence-electron chi connectivity index (χ2n) is 4.79. The van der Waals surface area contributed by atoms with E-state index in [1.54, 1.807) is 7.11 Å². The highest BCUT2D eigenvalue weighted by atomic mass is 16.5. The molecule has 2 N–H and O–H groups in total. The third-order valence-electron chi connectivity index (χ3n) is 3.58. The SMILES string of the molecule is COc1ccccc1-c1ncc2c(n1)CCCC2N. The Morgan fingerprint density at radius 3 is 3.00 bits per heavy atom. The van der Waals surface area contributed by atoms with Crippen molar-refractivity contribution in [3.05, 3.63) is 41.7 Å². The van der Waals surface area contributed by atoms with Crippen molar-refractivity contribution in [2.45, 2.75) is 25.3 Å². The summed E-state index contributed by atoms with van der Waals surface area (Å²) >= 11 is 0. The molecule has 1 aliphatic carbocycles. The van der Waals surface area contributed by atoms with E-state index < -0.39 is 0 Å². The van der Waals surface area contributed by atoms with Crippen LogP contribution in [0.5, 0.6) is 5.75 Å². The molecule has 4 nitrogen and oxygen atoms in total. The van der Waals surface area contributed by atoms with Crippen molar-refractivity contribution in [3.63, 3.8) is 0 Å². The van der Waals surface area contributed by atoms with Crippen molar-refractivity contribution in [2.24, 2.45) is 5.73 Å². The van der Waals surface area contributed by atoms with Crippen LogP contribution >= 0.6 is 0 Å². The maximum absolute atomic E-state index is 6.09. The first-order chi connectivity index (χ1) is 9.29. The van der Waals surface area contributed by atoms with Gasteiger partial charge in [0.1, 0.15) is 5.75 Å². The minimum Gasteiger partial charge on any atom is -0.496 e. The van der Waals surface area contributed by atoms with Crippen LogP contribution in [0.15, 0.2) is 30.5 Å². The average Bonchev–Trinajstić information content (AvgIpc) is 2.47. The summed E-state index contributed by atoms with van der Waals surface area (Å²) in [6, 6.07) is 7.88. The van der Waals surface area contributed by atoms with E-state index in [9.17, 15) is 0 Å². The minimum atomic E-state index is 0.0791. The Labute approximate surface area is 112 Å². The topological polar surface area (TPSA) is 61.0 Å². The number of nitrogens with zero attached hydrogens (tertiary/aromatic N) is 2. The summed E-state index contributed by atoms with van der Waals surface area (Å²) in [7, 11) is 1.66. The van der Waals surface area contributed by atoms with E-state index in [2.05, 4.69) is 9.97 Å². The minimum absolute atomic E-state index is 0.0791. The fourth-order valence-electron chi connectivity index (χ4n) is 2.54. The number of hydrogen-bond donors (Lipinski definition) is 1. The molecule has 0 saturated heterocycles. The number of hydrogen-bond acceptors (Lipinski definition) is 4. The summed E-state index contributed by atoms with van der Waals surface area (Å²) in [5.74, 6) is 1.51. The maximum atomic E-state index is 6.09. The van der Waals surface area contributed by atoms with E-state index in [0.717, 1.165) is 41.8 Å². The number of nitrogens with two attached hydrogens (primary N) is 1. The van der Waals surface area contributed by atoms with Gasteiger partial charge in [-0.3, -0.25) is 0 Å². The standard InChI is InChI=1S/C15H17N3O/c1-19-14-8-3-2-5-10(14)15-17-9-11-12(16)6-4-7-13(11)18-15/h2-3,5,8-9,12H,4,6-7,16H2,1H3. The van der Waals surface area contributed by atoms with Gasteiger partial charge in [-0.1, -0.05) is 12.1 Å². The van der Waals surface area contributed by atoms with Crippen molar-refractivity contribution in [1.82, 2.24) is 9.97 Å². The van der Waals surface area contributed by atoms with Gasteiger partial charge in [0.15, 0.2) is 5.82 Å². The summed E-state index contributed by atoms with van der Waals surface area (Å²) in [6.07, 6.45) is 4.96. The maximum Gasteiger partial charge on any atom is 0.163 e. The predicted molar refractivity (Wildman–Crippen MR) is 73.9 cm³/mol. The molecule has 98 valence electrons. The van der Waals surface area contributed by atoms with Crippen LogP contribution in [0.25, 0.3) is 11.4 Å². The van der Waals surface area contributed by atoms with Gasteiger partial charge >= 0.3 is 0 Å². The third-order valence-corrected chi connectivity index (χ3v) is 3.58. The molecular weight excluding hydrogens is 238 g/mol. The Morgan fingerprint density at radius 1 is 1.32 bits per heavy atom. The van der Waals surface area contributed by atoms with E-state index >= 15 is 0 Å². The highest BCUT2D eigenvalue weighted by Gasteiger charge is 2.19. The van der Waals surface area contributed by atoms with Crippen LogP contribution in [0, 0.1) is 0 Å². The molecule has 1 unspecified atom stereocenters. The number of aryl methyl sites for hydroxylation is 1. The third kappa shape index (κ3) is 2.19. The smallest absolute Gasteiger partial charge is 0.163 e. The van der Waals surface area contributed by atoms with Gasteiger partial charge in [0.2, 0.25) is 0 Å². The molecule has 1 aromatic carbocycles.